The zero-order chi connectivity index (χ0) is 14.8. The van der Waals surface area contributed by atoms with Gasteiger partial charge in [0.15, 0.2) is 0 Å². The van der Waals surface area contributed by atoms with E-state index in [4.69, 9.17) is 15.3 Å². The van der Waals surface area contributed by atoms with E-state index in [9.17, 15) is 18.0 Å². The van der Waals surface area contributed by atoms with Gasteiger partial charge >= 0.3 is 5.97 Å². The molecule has 4 N–H and O–H groups in total. The normalized spacial score (nSPS) is 12.3. The average molecular weight is 290 g/mol. The lowest BCUT2D eigenvalue weighted by Gasteiger charge is -2.23. The highest BCUT2D eigenvalue weighted by atomic mass is 32.2. The van der Waals surface area contributed by atoms with Gasteiger partial charge in [-0.15, -0.1) is 0 Å². The van der Waals surface area contributed by atoms with Gasteiger partial charge in [0.1, 0.15) is 0 Å². The van der Waals surface area contributed by atoms with Crippen molar-refractivity contribution in [2.45, 2.75) is 30.9 Å². The number of amides is 1. The molecule has 8 nitrogen and oxygen atoms in total. The summed E-state index contributed by atoms with van der Waals surface area (Å²) < 4.78 is 30.7. The number of carboxylic acid groups (broad SMARTS) is 1. The topological polar surface area (TPSA) is 140 Å². The molecule has 1 aromatic heterocycles. The number of carboxylic acids is 1. The molecule has 0 saturated carbocycles. The van der Waals surface area contributed by atoms with Crippen LogP contribution in [0.1, 0.15) is 30.8 Å². The SMILES string of the molecule is CC(C)(CC(N)=O)NS(=O)(=O)c1ccc(C(=O)O)o1. The molecule has 0 aliphatic heterocycles. The van der Waals surface area contributed by atoms with Crippen LogP contribution >= 0.6 is 0 Å². The molecule has 0 atom stereocenters. The number of nitrogens with two attached hydrogens (primary N) is 1. The first-order valence-corrected chi connectivity index (χ1v) is 6.67. The van der Waals surface area contributed by atoms with Crippen LogP contribution in [0, 0.1) is 0 Å². The molecule has 0 saturated heterocycles. The predicted molar refractivity (Wildman–Crippen MR) is 63.9 cm³/mol. The quantitative estimate of drug-likeness (QED) is 0.669. The van der Waals surface area contributed by atoms with E-state index in [1.54, 1.807) is 0 Å². The summed E-state index contributed by atoms with van der Waals surface area (Å²) in [5, 5.41) is 8.11. The molecule has 0 radical (unpaired) electrons. The first kappa shape index (κ1) is 15.2. The lowest BCUT2D eigenvalue weighted by Crippen LogP contribution is -2.45. The van der Waals surface area contributed by atoms with Crippen LogP contribution in [-0.4, -0.2) is 30.9 Å². The van der Waals surface area contributed by atoms with E-state index in [2.05, 4.69) is 4.72 Å². The number of carbonyl (C=O) groups is 2. The second-order valence-corrected chi connectivity index (χ2v) is 6.17. The van der Waals surface area contributed by atoms with E-state index in [0.717, 1.165) is 12.1 Å². The highest BCUT2D eigenvalue weighted by Gasteiger charge is 2.30. The van der Waals surface area contributed by atoms with E-state index < -0.39 is 38.3 Å². The number of aromatic carboxylic acids is 1. The van der Waals surface area contributed by atoms with Gasteiger partial charge in [-0.1, -0.05) is 0 Å². The smallest absolute Gasteiger partial charge is 0.371 e. The number of rotatable bonds is 6. The van der Waals surface area contributed by atoms with Crippen molar-refractivity contribution in [3.63, 3.8) is 0 Å². The minimum Gasteiger partial charge on any atom is -0.475 e. The third-order valence-corrected chi connectivity index (χ3v) is 3.65. The standard InChI is InChI=1S/C10H14N2O6S/c1-10(2,5-7(11)13)12-19(16,17)8-4-3-6(18-8)9(14)15/h3-4,12H,5H2,1-2H3,(H2,11,13)(H,14,15). The summed E-state index contributed by atoms with van der Waals surface area (Å²) in [6.45, 7) is 2.94. The van der Waals surface area contributed by atoms with Crippen LogP contribution in [0.15, 0.2) is 21.6 Å². The summed E-state index contributed by atoms with van der Waals surface area (Å²) in [6, 6.07) is 2.05. The Hall–Kier alpha value is -1.87. The van der Waals surface area contributed by atoms with E-state index in [-0.39, 0.29) is 6.42 Å². The van der Waals surface area contributed by atoms with Crippen molar-refractivity contribution in [2.24, 2.45) is 5.73 Å². The molecule has 1 heterocycles. The zero-order valence-electron chi connectivity index (χ0n) is 10.3. The summed E-state index contributed by atoms with van der Waals surface area (Å²) in [5.41, 5.74) is 3.89. The zero-order valence-corrected chi connectivity index (χ0v) is 11.2. The van der Waals surface area contributed by atoms with Crippen LogP contribution in [0.5, 0.6) is 0 Å². The minimum absolute atomic E-state index is 0.210. The second kappa shape index (κ2) is 5.02. The van der Waals surface area contributed by atoms with E-state index in [1.807, 2.05) is 0 Å². The van der Waals surface area contributed by atoms with Crippen LogP contribution in [0.2, 0.25) is 0 Å². The van der Waals surface area contributed by atoms with Crippen LogP contribution in [0.3, 0.4) is 0 Å². The summed E-state index contributed by atoms with van der Waals surface area (Å²) >= 11 is 0. The summed E-state index contributed by atoms with van der Waals surface area (Å²) in [7, 11) is -4.06. The first-order valence-electron chi connectivity index (χ1n) is 5.19. The molecule has 1 rings (SSSR count). The Kier molecular flexibility index (Phi) is 4.01. The van der Waals surface area contributed by atoms with Crippen molar-refractivity contribution in [3.8, 4) is 0 Å². The molecule has 1 aromatic rings. The Bertz CT molecular complexity index is 601. The van der Waals surface area contributed by atoms with Gasteiger partial charge in [0, 0.05) is 12.0 Å². The van der Waals surface area contributed by atoms with Gasteiger partial charge in [0.05, 0.1) is 0 Å². The number of primary amides is 1. The number of nitrogens with one attached hydrogen (secondary N) is 1. The Morgan fingerprint density at radius 3 is 2.42 bits per heavy atom. The van der Waals surface area contributed by atoms with Gasteiger partial charge in [-0.25, -0.2) is 17.9 Å². The Morgan fingerprint density at radius 1 is 1.42 bits per heavy atom. The van der Waals surface area contributed by atoms with Crippen molar-refractivity contribution in [3.05, 3.63) is 17.9 Å². The third kappa shape index (κ3) is 4.07. The maximum atomic E-state index is 11.9. The largest absolute Gasteiger partial charge is 0.475 e. The predicted octanol–water partition coefficient (Wildman–Crippen LogP) is -0.0899. The Labute approximate surface area is 109 Å². The highest BCUT2D eigenvalue weighted by Crippen LogP contribution is 2.18. The van der Waals surface area contributed by atoms with Crippen LogP contribution in [-0.2, 0) is 14.8 Å². The van der Waals surface area contributed by atoms with Gasteiger partial charge in [0.25, 0.3) is 10.0 Å². The number of furan rings is 1. The van der Waals surface area contributed by atoms with Crippen LogP contribution in [0.25, 0.3) is 0 Å². The van der Waals surface area contributed by atoms with Crippen molar-refractivity contribution in [1.82, 2.24) is 4.72 Å². The number of hydrogen-bond acceptors (Lipinski definition) is 5. The number of carbonyl (C=O) groups excluding carboxylic acids is 1. The van der Waals surface area contributed by atoms with Crippen molar-refractivity contribution in [1.29, 1.82) is 0 Å². The van der Waals surface area contributed by atoms with Gasteiger partial charge < -0.3 is 15.3 Å². The molecular formula is C10H14N2O6S. The molecular weight excluding hydrogens is 276 g/mol. The third-order valence-electron chi connectivity index (χ3n) is 2.08. The average Bonchev–Trinajstić information content (AvgIpc) is 2.61. The molecule has 0 aromatic carbocycles. The molecule has 0 fully saturated rings. The molecule has 0 aliphatic carbocycles. The highest BCUT2D eigenvalue weighted by molar-refractivity contribution is 7.89. The van der Waals surface area contributed by atoms with Gasteiger partial charge in [0.2, 0.25) is 16.8 Å². The summed E-state index contributed by atoms with van der Waals surface area (Å²) in [4.78, 5) is 21.4. The van der Waals surface area contributed by atoms with Crippen molar-refractivity contribution >= 4 is 21.9 Å². The monoisotopic (exact) mass is 290 g/mol. The van der Waals surface area contributed by atoms with Crippen LogP contribution in [0.4, 0.5) is 0 Å². The van der Waals surface area contributed by atoms with Gasteiger partial charge in [-0.2, -0.15) is 0 Å². The number of sulfonamides is 1. The van der Waals surface area contributed by atoms with E-state index >= 15 is 0 Å². The summed E-state index contributed by atoms with van der Waals surface area (Å²) in [6.07, 6.45) is -0.210. The molecule has 106 valence electrons. The lowest BCUT2D eigenvalue weighted by atomic mass is 10.0. The fourth-order valence-corrected chi connectivity index (χ4v) is 2.81. The van der Waals surface area contributed by atoms with Crippen LogP contribution < -0.4 is 10.5 Å². The molecule has 1 amide bonds. The molecule has 9 heteroatoms. The first-order chi connectivity index (χ1) is 8.53. The maximum absolute atomic E-state index is 11.9. The number of hydrogen-bond donors (Lipinski definition) is 3. The molecule has 19 heavy (non-hydrogen) atoms. The molecule has 0 bridgehead atoms. The Morgan fingerprint density at radius 2 is 2.00 bits per heavy atom. The Balaban J connectivity index is 2.97. The van der Waals surface area contributed by atoms with Gasteiger partial charge in [-0.05, 0) is 26.0 Å². The van der Waals surface area contributed by atoms with Crippen molar-refractivity contribution < 1.29 is 27.5 Å². The van der Waals surface area contributed by atoms with E-state index in [0.29, 0.717) is 0 Å². The van der Waals surface area contributed by atoms with E-state index in [1.165, 1.54) is 13.8 Å². The minimum atomic E-state index is -4.06. The fourth-order valence-electron chi connectivity index (χ4n) is 1.47. The van der Waals surface area contributed by atoms with Crippen molar-refractivity contribution in [2.75, 3.05) is 0 Å². The fraction of sp³-hybridized carbons (Fsp3) is 0.400. The molecule has 0 spiro atoms. The maximum Gasteiger partial charge on any atom is 0.371 e. The molecule has 0 unspecified atom stereocenters. The molecule has 0 aliphatic rings. The van der Waals surface area contributed by atoms with Gasteiger partial charge in [-0.3, -0.25) is 4.79 Å². The lowest BCUT2D eigenvalue weighted by molar-refractivity contribution is -0.119. The summed E-state index contributed by atoms with van der Waals surface area (Å²) in [5.74, 6) is -2.54. The second-order valence-electron chi connectivity index (χ2n) is 4.56.